The van der Waals surface area contributed by atoms with E-state index in [2.05, 4.69) is 5.32 Å². The molecule has 4 nitrogen and oxygen atoms in total. The Morgan fingerprint density at radius 2 is 1.58 bits per heavy atom. The number of fused-ring (bicyclic) bond motifs is 1. The number of carbonyl (C=O) groups is 1. The number of primary amides is 1. The van der Waals surface area contributed by atoms with Crippen LogP contribution in [-0.2, 0) is 22.4 Å². The first-order valence-electron chi connectivity index (χ1n) is 8.56. The van der Waals surface area contributed by atoms with Gasteiger partial charge in [-0.05, 0) is 23.6 Å². The second kappa shape index (κ2) is 7.95. The molecule has 0 fully saturated rings. The van der Waals surface area contributed by atoms with Gasteiger partial charge in [0.25, 0.3) is 5.60 Å². The minimum absolute atomic E-state index is 0. The van der Waals surface area contributed by atoms with E-state index in [4.69, 9.17) is 5.73 Å². The molecule has 0 aliphatic carbocycles. The molecule has 1 amide bonds. The maximum absolute atomic E-state index is 14.9. The Bertz CT molecular complexity index is 980. The van der Waals surface area contributed by atoms with Crippen LogP contribution >= 0.6 is 12.4 Å². The summed E-state index contributed by atoms with van der Waals surface area (Å²) in [7, 11) is 0. The monoisotopic (exact) mass is 472 g/mol. The molecule has 1 unspecified atom stereocenters. The van der Waals surface area contributed by atoms with Crippen LogP contribution < -0.4 is 11.1 Å². The number of benzene rings is 2. The molecular formula is C19H16ClF7N2O2. The number of hydrogen-bond acceptors (Lipinski definition) is 3. The zero-order valence-electron chi connectivity index (χ0n) is 15.4. The van der Waals surface area contributed by atoms with E-state index in [0.717, 1.165) is 0 Å². The number of rotatable bonds is 3. The molecule has 170 valence electrons. The molecule has 2 aromatic rings. The van der Waals surface area contributed by atoms with Crippen molar-refractivity contribution in [3.8, 4) is 0 Å². The third-order valence-corrected chi connectivity index (χ3v) is 5.19. The summed E-state index contributed by atoms with van der Waals surface area (Å²) in [6.45, 7) is 0.149. The number of alkyl halides is 6. The van der Waals surface area contributed by atoms with Gasteiger partial charge in [-0.25, -0.2) is 4.39 Å². The third kappa shape index (κ3) is 3.64. The summed E-state index contributed by atoms with van der Waals surface area (Å²) in [6.07, 6.45) is -11.9. The third-order valence-electron chi connectivity index (χ3n) is 5.19. The molecule has 0 spiro atoms. The summed E-state index contributed by atoms with van der Waals surface area (Å²) in [5.74, 6) is -2.66. The van der Waals surface area contributed by atoms with Crippen LogP contribution in [-0.4, -0.2) is 29.9 Å². The smallest absolute Gasteiger partial charge is 0.369 e. The number of halogens is 8. The highest BCUT2D eigenvalue weighted by atomic mass is 35.5. The summed E-state index contributed by atoms with van der Waals surface area (Å²) in [5, 5.41) is 12.2. The fourth-order valence-electron chi connectivity index (χ4n) is 3.71. The average molecular weight is 473 g/mol. The highest BCUT2D eigenvalue weighted by Crippen LogP contribution is 2.50. The van der Waals surface area contributed by atoms with Gasteiger partial charge in [-0.2, -0.15) is 26.3 Å². The lowest BCUT2D eigenvalue weighted by Crippen LogP contribution is -2.57. The second-order valence-electron chi connectivity index (χ2n) is 6.85. The van der Waals surface area contributed by atoms with E-state index in [0.29, 0.717) is 18.1 Å². The van der Waals surface area contributed by atoms with Crippen molar-refractivity contribution in [3.63, 3.8) is 0 Å². The lowest BCUT2D eigenvalue weighted by molar-refractivity contribution is -0.376. The SMILES string of the molecule is Cl.NC(=O)C1(c2ccc(C(O)(C(F)(F)F)C(F)(F)F)cc2F)NCCc2ccccc21. The van der Waals surface area contributed by atoms with E-state index in [-0.39, 0.29) is 36.6 Å². The fraction of sp³-hybridized carbons (Fsp3) is 0.316. The topological polar surface area (TPSA) is 75.4 Å². The van der Waals surface area contributed by atoms with Gasteiger partial charge >= 0.3 is 12.4 Å². The molecule has 31 heavy (non-hydrogen) atoms. The van der Waals surface area contributed by atoms with Crippen LogP contribution in [0.5, 0.6) is 0 Å². The van der Waals surface area contributed by atoms with E-state index in [1.165, 1.54) is 12.1 Å². The Hall–Kier alpha value is -2.37. The van der Waals surface area contributed by atoms with Crippen molar-refractivity contribution in [2.45, 2.75) is 29.9 Å². The minimum Gasteiger partial charge on any atom is -0.369 e. The van der Waals surface area contributed by atoms with Gasteiger partial charge in [-0.1, -0.05) is 36.4 Å². The van der Waals surface area contributed by atoms with Gasteiger partial charge in [-0.15, -0.1) is 12.4 Å². The van der Waals surface area contributed by atoms with Gasteiger partial charge < -0.3 is 10.8 Å². The van der Waals surface area contributed by atoms with E-state index in [1.807, 2.05) is 0 Å². The Kier molecular flexibility index (Phi) is 6.39. The van der Waals surface area contributed by atoms with Crippen molar-refractivity contribution in [2.75, 3.05) is 6.54 Å². The van der Waals surface area contributed by atoms with Gasteiger partial charge in [0.05, 0.1) is 0 Å². The molecule has 0 saturated carbocycles. The first kappa shape index (κ1) is 24.9. The lowest BCUT2D eigenvalue weighted by Gasteiger charge is -2.39. The van der Waals surface area contributed by atoms with Gasteiger partial charge in [0.2, 0.25) is 5.91 Å². The maximum atomic E-state index is 14.9. The Labute approximate surface area is 177 Å². The number of nitrogens with one attached hydrogen (secondary N) is 1. The van der Waals surface area contributed by atoms with Gasteiger partial charge in [0, 0.05) is 17.7 Å². The van der Waals surface area contributed by atoms with Crippen LogP contribution in [0.2, 0.25) is 0 Å². The minimum atomic E-state index is -6.17. The van der Waals surface area contributed by atoms with Crippen LogP contribution in [0.3, 0.4) is 0 Å². The molecule has 0 aromatic heterocycles. The molecule has 2 aromatic carbocycles. The summed E-state index contributed by atoms with van der Waals surface area (Å²) in [5.41, 5.74) is -3.28. The van der Waals surface area contributed by atoms with E-state index < -0.39 is 46.3 Å². The number of nitrogens with two attached hydrogens (primary N) is 1. The van der Waals surface area contributed by atoms with Crippen molar-refractivity contribution >= 4 is 18.3 Å². The lowest BCUT2D eigenvalue weighted by atomic mass is 9.75. The van der Waals surface area contributed by atoms with Gasteiger partial charge in [0.1, 0.15) is 5.82 Å². The van der Waals surface area contributed by atoms with Crippen LogP contribution in [0.4, 0.5) is 30.7 Å². The molecule has 0 bridgehead atoms. The molecule has 4 N–H and O–H groups in total. The van der Waals surface area contributed by atoms with Crippen molar-refractivity contribution in [3.05, 3.63) is 70.5 Å². The van der Waals surface area contributed by atoms with Gasteiger partial charge in [0.15, 0.2) is 5.54 Å². The predicted molar refractivity (Wildman–Crippen MR) is 97.8 cm³/mol. The predicted octanol–water partition coefficient (Wildman–Crippen LogP) is 3.43. The molecular weight excluding hydrogens is 457 g/mol. The molecule has 3 rings (SSSR count). The molecule has 1 aliphatic rings. The number of carbonyl (C=O) groups excluding carboxylic acids is 1. The number of amides is 1. The first-order chi connectivity index (χ1) is 13.8. The Balaban J connectivity index is 0.00000341. The zero-order valence-corrected chi connectivity index (χ0v) is 16.3. The summed E-state index contributed by atoms with van der Waals surface area (Å²) >= 11 is 0. The van der Waals surface area contributed by atoms with Crippen molar-refractivity contribution in [1.29, 1.82) is 0 Å². The highest BCUT2D eigenvalue weighted by molar-refractivity contribution is 5.91. The maximum Gasteiger partial charge on any atom is 0.430 e. The largest absolute Gasteiger partial charge is 0.430 e. The zero-order chi connectivity index (χ0) is 22.5. The van der Waals surface area contributed by atoms with Gasteiger partial charge in [-0.3, -0.25) is 10.1 Å². The normalized spacial score (nSPS) is 19.4. The van der Waals surface area contributed by atoms with E-state index in [9.17, 15) is 40.6 Å². The van der Waals surface area contributed by atoms with E-state index in [1.54, 1.807) is 12.1 Å². The summed E-state index contributed by atoms with van der Waals surface area (Å²) < 4.78 is 93.5. The molecule has 0 radical (unpaired) electrons. The Morgan fingerprint density at radius 3 is 2.10 bits per heavy atom. The summed E-state index contributed by atoms with van der Waals surface area (Å²) in [6, 6.07) is 7.08. The van der Waals surface area contributed by atoms with Crippen LogP contribution in [0.15, 0.2) is 42.5 Å². The highest BCUT2D eigenvalue weighted by Gasteiger charge is 2.71. The number of aliphatic hydroxyl groups is 1. The summed E-state index contributed by atoms with van der Waals surface area (Å²) in [4.78, 5) is 12.4. The second-order valence-corrected chi connectivity index (χ2v) is 6.85. The molecule has 0 saturated heterocycles. The van der Waals surface area contributed by atoms with E-state index >= 15 is 0 Å². The molecule has 1 aliphatic heterocycles. The molecule has 12 heteroatoms. The molecule has 1 heterocycles. The van der Waals surface area contributed by atoms with Crippen molar-refractivity contribution < 1.29 is 40.6 Å². The fourth-order valence-corrected chi connectivity index (χ4v) is 3.71. The standard InChI is InChI=1S/C19H15F7N2O2.ClH/c20-14-9-11(17(30,18(21,22)23)19(24,25)26)5-6-13(14)16(15(27)29)12-4-2-1-3-10(12)7-8-28-16;/h1-6,9,28,30H,7-8H2,(H2,27,29);1H. The van der Waals surface area contributed by atoms with Crippen LogP contribution in [0.25, 0.3) is 0 Å². The van der Waals surface area contributed by atoms with Crippen LogP contribution in [0.1, 0.15) is 22.3 Å². The van der Waals surface area contributed by atoms with Crippen molar-refractivity contribution in [1.82, 2.24) is 5.32 Å². The van der Waals surface area contributed by atoms with Crippen molar-refractivity contribution in [2.24, 2.45) is 5.73 Å². The average Bonchev–Trinajstić information content (AvgIpc) is 2.64. The Morgan fingerprint density at radius 1 is 1.00 bits per heavy atom. The molecule has 1 atom stereocenters. The first-order valence-corrected chi connectivity index (χ1v) is 8.56. The quantitative estimate of drug-likeness (QED) is 0.599. The van der Waals surface area contributed by atoms with Crippen LogP contribution in [0, 0.1) is 5.82 Å². The number of hydrogen-bond donors (Lipinski definition) is 3.